The molecule has 0 atom stereocenters. The van der Waals surface area contributed by atoms with Crippen LogP contribution in [0, 0.1) is 0 Å². The van der Waals surface area contributed by atoms with Gasteiger partial charge < -0.3 is 14.8 Å². The first kappa shape index (κ1) is 23.8. The fourth-order valence-electron chi connectivity index (χ4n) is 4.69. The van der Waals surface area contributed by atoms with Crippen LogP contribution in [0.4, 0.5) is 5.69 Å². The van der Waals surface area contributed by atoms with Crippen molar-refractivity contribution >= 4 is 34.6 Å². The fourth-order valence-corrected chi connectivity index (χ4v) is 5.21. The molecule has 1 aliphatic rings. The van der Waals surface area contributed by atoms with E-state index in [1.807, 2.05) is 18.2 Å². The Bertz CT molecular complexity index is 1040. The van der Waals surface area contributed by atoms with Crippen molar-refractivity contribution < 1.29 is 0 Å². The third-order valence-corrected chi connectivity index (χ3v) is 7.40. The van der Waals surface area contributed by atoms with E-state index in [1.54, 1.807) is 0 Å². The molecule has 1 aromatic heterocycles. The van der Waals surface area contributed by atoms with Crippen LogP contribution in [0.3, 0.4) is 0 Å². The van der Waals surface area contributed by atoms with Crippen LogP contribution < -0.4 is 5.32 Å². The Morgan fingerprint density at radius 1 is 1.00 bits per heavy atom. The molecule has 3 nitrogen and oxygen atoms in total. The lowest BCUT2D eigenvalue weighted by molar-refractivity contribution is 0.274. The third kappa shape index (κ3) is 6.39. The molecule has 0 spiro atoms. The second-order valence-corrected chi connectivity index (χ2v) is 9.77. The van der Waals surface area contributed by atoms with E-state index in [2.05, 4.69) is 70.4 Å². The topological polar surface area (TPSA) is 20.2 Å². The highest BCUT2D eigenvalue weighted by molar-refractivity contribution is 7.80. The number of benzene rings is 2. The maximum absolute atomic E-state index is 6.45. The fraction of sp³-hybridized carbons (Fsp3) is 0.393. The van der Waals surface area contributed by atoms with E-state index in [0.717, 1.165) is 40.9 Å². The molecule has 3 aromatic rings. The molecule has 5 heteroatoms. The zero-order valence-electron chi connectivity index (χ0n) is 19.5. The second kappa shape index (κ2) is 11.7. The molecule has 0 amide bonds. The Kier molecular flexibility index (Phi) is 8.46. The van der Waals surface area contributed by atoms with Crippen molar-refractivity contribution in [3.05, 3.63) is 88.7 Å². The van der Waals surface area contributed by atoms with Gasteiger partial charge in [0.05, 0.1) is 6.54 Å². The summed E-state index contributed by atoms with van der Waals surface area (Å²) in [7, 11) is 0. The van der Waals surface area contributed by atoms with Gasteiger partial charge >= 0.3 is 0 Å². The van der Waals surface area contributed by atoms with Gasteiger partial charge in [-0.2, -0.15) is 0 Å². The highest BCUT2D eigenvalue weighted by Gasteiger charge is 2.24. The molecule has 33 heavy (non-hydrogen) atoms. The molecule has 0 aliphatic heterocycles. The molecular weight excluding hydrogens is 446 g/mol. The largest absolute Gasteiger partial charge is 0.345 e. The Balaban J connectivity index is 1.54. The summed E-state index contributed by atoms with van der Waals surface area (Å²) >= 11 is 12.4. The minimum Gasteiger partial charge on any atom is -0.345 e. The molecule has 1 saturated carbocycles. The summed E-state index contributed by atoms with van der Waals surface area (Å²) in [5.41, 5.74) is 4.78. The summed E-state index contributed by atoms with van der Waals surface area (Å²) < 4.78 is 2.30. The first-order chi connectivity index (χ1) is 16.1. The lowest BCUT2D eigenvalue weighted by Gasteiger charge is -2.34. The zero-order chi connectivity index (χ0) is 23.0. The van der Waals surface area contributed by atoms with Gasteiger partial charge in [-0.05, 0) is 72.9 Å². The number of halogens is 1. The maximum Gasteiger partial charge on any atom is 0.174 e. The summed E-state index contributed by atoms with van der Waals surface area (Å²) in [6.45, 7) is 3.73. The minimum atomic E-state index is 0.464. The average molecular weight is 480 g/mol. The van der Waals surface area contributed by atoms with Gasteiger partial charge in [0.2, 0.25) is 0 Å². The predicted molar refractivity (Wildman–Crippen MR) is 144 cm³/mol. The number of hydrogen-bond donors (Lipinski definition) is 1. The summed E-state index contributed by atoms with van der Waals surface area (Å²) in [4.78, 5) is 2.42. The molecule has 4 rings (SSSR count). The van der Waals surface area contributed by atoms with E-state index < -0.39 is 0 Å². The van der Waals surface area contributed by atoms with E-state index in [-0.39, 0.29) is 0 Å². The first-order valence-corrected chi connectivity index (χ1v) is 13.0. The number of thiocarbonyl (C=S) groups is 1. The number of nitrogens with zero attached hydrogens (tertiary/aromatic N) is 2. The van der Waals surface area contributed by atoms with Gasteiger partial charge in [0.1, 0.15) is 0 Å². The Morgan fingerprint density at radius 2 is 1.73 bits per heavy atom. The molecule has 1 fully saturated rings. The van der Waals surface area contributed by atoms with Crippen LogP contribution in [0.25, 0.3) is 0 Å². The van der Waals surface area contributed by atoms with Crippen molar-refractivity contribution in [2.45, 2.75) is 71.0 Å². The monoisotopic (exact) mass is 479 g/mol. The third-order valence-electron chi connectivity index (χ3n) is 6.69. The molecule has 0 saturated heterocycles. The van der Waals surface area contributed by atoms with Gasteiger partial charge in [-0.25, -0.2) is 0 Å². The lowest BCUT2D eigenvalue weighted by atomic mass is 10.1. The van der Waals surface area contributed by atoms with Gasteiger partial charge in [0.25, 0.3) is 0 Å². The minimum absolute atomic E-state index is 0.464. The predicted octanol–water partition coefficient (Wildman–Crippen LogP) is 7.67. The SMILES string of the molecule is CCc1ccc(NC(=S)N(Cc2cccn2Cc2ccccc2Cl)C2CCCCCC2)cc1. The van der Waals surface area contributed by atoms with Crippen LogP contribution in [0.1, 0.15) is 62.3 Å². The average Bonchev–Trinajstić information content (AvgIpc) is 3.09. The second-order valence-electron chi connectivity index (χ2n) is 8.97. The summed E-state index contributed by atoms with van der Waals surface area (Å²) in [5.74, 6) is 0. The van der Waals surface area contributed by atoms with Crippen LogP contribution in [0.2, 0.25) is 5.02 Å². The highest BCUT2D eigenvalue weighted by Crippen LogP contribution is 2.26. The highest BCUT2D eigenvalue weighted by atomic mass is 35.5. The van der Waals surface area contributed by atoms with Crippen LogP contribution in [0.5, 0.6) is 0 Å². The standard InChI is InChI=1S/C28H34ClN3S/c1-2-22-15-17-24(18-16-22)30-28(33)32(25-11-5-3-4-6-12-25)21-26-13-9-19-31(26)20-23-10-7-8-14-27(23)29/h7-10,13-19,25H,2-6,11-12,20-21H2,1H3,(H,30,33). The van der Waals surface area contributed by atoms with E-state index in [4.69, 9.17) is 23.8 Å². The molecule has 0 unspecified atom stereocenters. The maximum atomic E-state index is 6.45. The van der Waals surface area contributed by atoms with E-state index >= 15 is 0 Å². The van der Waals surface area contributed by atoms with E-state index in [0.29, 0.717) is 6.04 Å². The molecular formula is C28H34ClN3S. The van der Waals surface area contributed by atoms with Gasteiger partial charge in [0, 0.05) is 35.2 Å². The van der Waals surface area contributed by atoms with Crippen molar-refractivity contribution in [1.29, 1.82) is 0 Å². The first-order valence-electron chi connectivity index (χ1n) is 12.2. The summed E-state index contributed by atoms with van der Waals surface area (Å²) in [6, 6.07) is 21.5. The van der Waals surface area contributed by atoms with E-state index in [1.165, 1.54) is 49.8 Å². The lowest BCUT2D eigenvalue weighted by Crippen LogP contribution is -2.42. The van der Waals surface area contributed by atoms with Gasteiger partial charge in [-0.1, -0.05) is 74.5 Å². The van der Waals surface area contributed by atoms with Crippen LogP contribution in [0.15, 0.2) is 66.9 Å². The van der Waals surface area contributed by atoms with Crippen molar-refractivity contribution in [2.24, 2.45) is 0 Å². The molecule has 2 aromatic carbocycles. The van der Waals surface area contributed by atoms with E-state index in [9.17, 15) is 0 Å². The van der Waals surface area contributed by atoms with Crippen LogP contribution >= 0.6 is 23.8 Å². The number of rotatable bonds is 7. The zero-order valence-corrected chi connectivity index (χ0v) is 21.0. The number of anilines is 1. The molecule has 174 valence electrons. The number of hydrogen-bond acceptors (Lipinski definition) is 1. The summed E-state index contributed by atoms with van der Waals surface area (Å²) in [6.07, 6.45) is 10.8. The van der Waals surface area contributed by atoms with Crippen molar-refractivity contribution in [3.8, 4) is 0 Å². The molecule has 1 aliphatic carbocycles. The molecule has 1 heterocycles. The molecule has 0 bridgehead atoms. The van der Waals surface area contributed by atoms with Gasteiger partial charge in [0.15, 0.2) is 5.11 Å². The van der Waals surface area contributed by atoms with Crippen LogP contribution in [-0.4, -0.2) is 20.6 Å². The Labute approximate surface area is 208 Å². The molecule has 0 radical (unpaired) electrons. The van der Waals surface area contributed by atoms with Gasteiger partial charge in [-0.3, -0.25) is 0 Å². The number of aryl methyl sites for hydroxylation is 1. The number of aromatic nitrogens is 1. The smallest absolute Gasteiger partial charge is 0.174 e. The summed E-state index contributed by atoms with van der Waals surface area (Å²) in [5, 5.41) is 5.16. The van der Waals surface area contributed by atoms with Crippen LogP contribution in [-0.2, 0) is 19.5 Å². The Morgan fingerprint density at radius 3 is 2.42 bits per heavy atom. The Hall–Kier alpha value is -2.30. The normalized spacial score (nSPS) is 14.6. The van der Waals surface area contributed by atoms with Gasteiger partial charge in [-0.15, -0.1) is 0 Å². The quantitative estimate of drug-likeness (QED) is 0.277. The van der Waals surface area contributed by atoms with Crippen molar-refractivity contribution in [1.82, 2.24) is 9.47 Å². The number of nitrogens with one attached hydrogen (secondary N) is 1. The van der Waals surface area contributed by atoms with Crippen molar-refractivity contribution in [2.75, 3.05) is 5.32 Å². The van der Waals surface area contributed by atoms with Crippen molar-refractivity contribution in [3.63, 3.8) is 0 Å². The molecule has 1 N–H and O–H groups in total.